The van der Waals surface area contributed by atoms with Crippen molar-refractivity contribution in [3.05, 3.63) is 76.4 Å². The van der Waals surface area contributed by atoms with Gasteiger partial charge in [-0.3, -0.25) is 4.98 Å². The maximum absolute atomic E-state index is 4.44. The number of likely N-dealkylation sites (N-methyl/N-ethyl adjacent to an activating group) is 1. The van der Waals surface area contributed by atoms with Gasteiger partial charge in [-0.05, 0) is 48.9 Å². The van der Waals surface area contributed by atoms with Crippen LogP contribution in [-0.4, -0.2) is 12.0 Å². The second-order valence-electron chi connectivity index (χ2n) is 5.09. The molecule has 1 atom stereocenters. The Kier molecular flexibility index (Phi) is 4.32. The second-order valence-corrected chi connectivity index (χ2v) is 6.01. The quantitative estimate of drug-likeness (QED) is 0.756. The first kappa shape index (κ1) is 14.2. The van der Waals surface area contributed by atoms with Crippen molar-refractivity contribution in [3.63, 3.8) is 0 Å². The first-order valence-electron chi connectivity index (χ1n) is 7.03. The van der Waals surface area contributed by atoms with Crippen LogP contribution in [0.5, 0.6) is 0 Å². The lowest BCUT2D eigenvalue weighted by atomic mass is 9.96. The van der Waals surface area contributed by atoms with Crippen LogP contribution >= 0.6 is 15.9 Å². The molecule has 0 spiro atoms. The average Bonchev–Trinajstić information content (AvgIpc) is 2.52. The molecule has 0 aliphatic rings. The van der Waals surface area contributed by atoms with E-state index in [2.05, 4.69) is 74.8 Å². The van der Waals surface area contributed by atoms with E-state index in [1.165, 1.54) is 16.5 Å². The lowest BCUT2D eigenvalue weighted by molar-refractivity contribution is 0.596. The molecule has 3 aromatic rings. The molecule has 21 heavy (non-hydrogen) atoms. The van der Waals surface area contributed by atoms with Crippen molar-refractivity contribution in [1.29, 1.82) is 0 Å². The fraction of sp³-hybridized carbons (Fsp3) is 0.167. The van der Waals surface area contributed by atoms with Gasteiger partial charge >= 0.3 is 0 Å². The van der Waals surface area contributed by atoms with Gasteiger partial charge in [-0.2, -0.15) is 0 Å². The Morgan fingerprint density at radius 3 is 2.76 bits per heavy atom. The van der Waals surface area contributed by atoms with Crippen molar-refractivity contribution < 1.29 is 0 Å². The largest absolute Gasteiger partial charge is 0.313 e. The highest BCUT2D eigenvalue weighted by Gasteiger charge is 2.13. The molecule has 0 saturated heterocycles. The number of nitrogens with zero attached hydrogens (tertiary/aromatic N) is 1. The average molecular weight is 341 g/mol. The number of aromatic nitrogens is 1. The molecule has 1 N–H and O–H groups in total. The van der Waals surface area contributed by atoms with E-state index in [0.29, 0.717) is 0 Å². The minimum atomic E-state index is 0.271. The van der Waals surface area contributed by atoms with Crippen molar-refractivity contribution >= 4 is 26.8 Å². The molecule has 0 amide bonds. The van der Waals surface area contributed by atoms with E-state index in [9.17, 15) is 0 Å². The number of pyridine rings is 1. The van der Waals surface area contributed by atoms with E-state index in [1.807, 2.05) is 19.3 Å². The number of para-hydroxylation sites is 1. The number of hydrogen-bond donors (Lipinski definition) is 1. The van der Waals surface area contributed by atoms with Crippen LogP contribution in [0.25, 0.3) is 10.9 Å². The van der Waals surface area contributed by atoms with Gasteiger partial charge in [-0.25, -0.2) is 0 Å². The summed E-state index contributed by atoms with van der Waals surface area (Å²) in [4.78, 5) is 4.44. The molecule has 1 unspecified atom stereocenters. The van der Waals surface area contributed by atoms with Crippen LogP contribution in [0, 0.1) is 0 Å². The van der Waals surface area contributed by atoms with Crippen molar-refractivity contribution in [3.8, 4) is 0 Å². The summed E-state index contributed by atoms with van der Waals surface area (Å²) < 4.78 is 1.12. The Labute approximate surface area is 133 Å². The molecule has 0 aliphatic heterocycles. The molecule has 0 fully saturated rings. The molecule has 0 saturated carbocycles. The summed E-state index contributed by atoms with van der Waals surface area (Å²) in [5.74, 6) is 0. The third-order valence-corrected chi connectivity index (χ3v) is 4.23. The minimum Gasteiger partial charge on any atom is -0.313 e. The molecule has 106 valence electrons. The predicted molar refractivity (Wildman–Crippen MR) is 91.4 cm³/mol. The van der Waals surface area contributed by atoms with Crippen LogP contribution in [0.1, 0.15) is 17.2 Å². The molecule has 0 bridgehead atoms. The van der Waals surface area contributed by atoms with E-state index in [1.54, 1.807) is 0 Å². The molecule has 2 aromatic carbocycles. The fourth-order valence-corrected chi connectivity index (χ4v) is 3.14. The fourth-order valence-electron chi connectivity index (χ4n) is 2.69. The molecule has 1 heterocycles. The van der Waals surface area contributed by atoms with Crippen molar-refractivity contribution in [2.75, 3.05) is 7.05 Å². The SMILES string of the molecule is CNC(Cc1cccc(Br)c1)c1ccnc2ccccc12. The van der Waals surface area contributed by atoms with Crippen molar-refractivity contribution in [1.82, 2.24) is 10.3 Å². The number of fused-ring (bicyclic) bond motifs is 1. The van der Waals surface area contributed by atoms with Crippen LogP contribution in [0.3, 0.4) is 0 Å². The topological polar surface area (TPSA) is 24.9 Å². The van der Waals surface area contributed by atoms with Gasteiger partial charge in [0, 0.05) is 22.1 Å². The maximum atomic E-state index is 4.44. The minimum absolute atomic E-state index is 0.271. The Morgan fingerprint density at radius 2 is 1.95 bits per heavy atom. The summed E-state index contributed by atoms with van der Waals surface area (Å²) >= 11 is 3.54. The number of benzene rings is 2. The van der Waals surface area contributed by atoms with Crippen LogP contribution in [0.4, 0.5) is 0 Å². The molecule has 0 radical (unpaired) electrons. The lowest BCUT2D eigenvalue weighted by Crippen LogP contribution is -2.19. The highest BCUT2D eigenvalue weighted by molar-refractivity contribution is 9.10. The number of nitrogens with one attached hydrogen (secondary N) is 1. The maximum Gasteiger partial charge on any atom is 0.0705 e. The van der Waals surface area contributed by atoms with E-state index in [0.717, 1.165) is 16.4 Å². The van der Waals surface area contributed by atoms with Gasteiger partial charge < -0.3 is 5.32 Å². The summed E-state index contributed by atoms with van der Waals surface area (Å²) in [7, 11) is 2.01. The smallest absolute Gasteiger partial charge is 0.0705 e. The van der Waals surface area contributed by atoms with Crippen LogP contribution in [0.2, 0.25) is 0 Å². The van der Waals surface area contributed by atoms with Gasteiger partial charge in [-0.15, -0.1) is 0 Å². The van der Waals surface area contributed by atoms with Gasteiger partial charge in [0.15, 0.2) is 0 Å². The Hall–Kier alpha value is -1.71. The first-order valence-corrected chi connectivity index (χ1v) is 7.82. The van der Waals surface area contributed by atoms with Crippen molar-refractivity contribution in [2.45, 2.75) is 12.5 Å². The van der Waals surface area contributed by atoms with Gasteiger partial charge in [0.05, 0.1) is 5.52 Å². The molecule has 1 aromatic heterocycles. The molecule has 3 heteroatoms. The molecule has 2 nitrogen and oxygen atoms in total. The van der Waals surface area contributed by atoms with E-state index < -0.39 is 0 Å². The van der Waals surface area contributed by atoms with Crippen LogP contribution in [-0.2, 0) is 6.42 Å². The third-order valence-electron chi connectivity index (χ3n) is 3.74. The monoisotopic (exact) mass is 340 g/mol. The highest BCUT2D eigenvalue weighted by atomic mass is 79.9. The van der Waals surface area contributed by atoms with Crippen LogP contribution in [0.15, 0.2) is 65.3 Å². The predicted octanol–water partition coefficient (Wildman–Crippen LogP) is 4.50. The summed E-state index contributed by atoms with van der Waals surface area (Å²) in [5, 5.41) is 4.65. The van der Waals surface area contributed by atoms with E-state index >= 15 is 0 Å². The standard InChI is InChI=1S/C18H17BrN2/c1-20-18(12-13-5-4-6-14(19)11-13)16-9-10-21-17-8-3-2-7-15(16)17/h2-11,18,20H,12H2,1H3. The Balaban J connectivity index is 1.98. The number of rotatable bonds is 4. The van der Waals surface area contributed by atoms with Crippen molar-refractivity contribution in [2.24, 2.45) is 0 Å². The van der Waals surface area contributed by atoms with Gasteiger partial charge in [0.25, 0.3) is 0 Å². The zero-order valence-corrected chi connectivity index (χ0v) is 13.5. The summed E-state index contributed by atoms with van der Waals surface area (Å²) in [6.45, 7) is 0. The zero-order valence-electron chi connectivity index (χ0n) is 11.9. The highest BCUT2D eigenvalue weighted by Crippen LogP contribution is 2.26. The summed E-state index contributed by atoms with van der Waals surface area (Å²) in [5.41, 5.74) is 3.65. The van der Waals surface area contributed by atoms with Crippen LogP contribution < -0.4 is 5.32 Å². The van der Waals surface area contributed by atoms with E-state index in [4.69, 9.17) is 0 Å². The summed E-state index contributed by atoms with van der Waals surface area (Å²) in [6, 6.07) is 19.2. The number of halogens is 1. The lowest BCUT2D eigenvalue weighted by Gasteiger charge is -2.18. The van der Waals surface area contributed by atoms with Gasteiger partial charge in [-0.1, -0.05) is 46.3 Å². The van der Waals surface area contributed by atoms with E-state index in [-0.39, 0.29) is 6.04 Å². The molecular weight excluding hydrogens is 324 g/mol. The zero-order chi connectivity index (χ0) is 14.7. The summed E-state index contributed by atoms with van der Waals surface area (Å²) in [6.07, 6.45) is 2.84. The number of hydrogen-bond acceptors (Lipinski definition) is 2. The van der Waals surface area contributed by atoms with Gasteiger partial charge in [0.2, 0.25) is 0 Å². The Morgan fingerprint density at radius 1 is 1.10 bits per heavy atom. The molecule has 3 rings (SSSR count). The molecular formula is C18H17BrN2. The second kappa shape index (κ2) is 6.37. The van der Waals surface area contributed by atoms with Gasteiger partial charge in [0.1, 0.15) is 0 Å². The third kappa shape index (κ3) is 3.14. The molecule has 0 aliphatic carbocycles. The first-order chi connectivity index (χ1) is 10.3. The normalized spacial score (nSPS) is 12.5. The Bertz CT molecular complexity index is 750.